The van der Waals surface area contributed by atoms with E-state index < -0.39 is 0 Å². The molecule has 4 fully saturated rings. The third-order valence-corrected chi connectivity index (χ3v) is 12.0. The molecule has 0 unspecified atom stereocenters. The van der Waals surface area contributed by atoms with E-state index in [1.807, 2.05) is 0 Å². The molecule has 0 spiro atoms. The van der Waals surface area contributed by atoms with Crippen LogP contribution in [0.1, 0.15) is 103 Å². The smallest absolute Gasteiger partial charge is 0.100 e. The molecule has 0 aliphatic carbocycles. The molecule has 0 aromatic carbocycles. The van der Waals surface area contributed by atoms with Gasteiger partial charge < -0.3 is 0 Å². The molecule has 0 aromatic heterocycles. The summed E-state index contributed by atoms with van der Waals surface area (Å²) in [6.07, 6.45) is 28.5. The van der Waals surface area contributed by atoms with Crippen LogP contribution in [-0.4, -0.2) is 24.2 Å². The van der Waals surface area contributed by atoms with E-state index in [4.69, 9.17) is 0 Å². The minimum atomic E-state index is 0.449. The Hall–Kier alpha value is 0.495. The third-order valence-electron chi connectivity index (χ3n) is 8.30. The van der Waals surface area contributed by atoms with Crippen molar-refractivity contribution in [2.45, 2.75) is 132 Å². The van der Waals surface area contributed by atoms with Gasteiger partial charge in [0.15, 0.2) is 0 Å². The second-order valence-corrected chi connectivity index (χ2v) is 12.6. The molecule has 4 aliphatic rings. The van der Waals surface area contributed by atoms with Gasteiger partial charge in [0.2, 0.25) is 0 Å². The quantitative estimate of drug-likeness (QED) is 0.251. The number of hydrogen-bond acceptors (Lipinski definition) is 0. The Bertz CT molecular complexity index is 304. The largest absolute Gasteiger partial charge is 0.146 e. The van der Waals surface area contributed by atoms with Gasteiger partial charge in [0.25, 0.3) is 0 Å². The predicted octanol–water partition coefficient (Wildman–Crippen LogP) is 7.74. The molecule has 4 aliphatic heterocycles. The summed E-state index contributed by atoms with van der Waals surface area (Å²) in [4.78, 5) is 0. The zero-order valence-electron chi connectivity index (χ0n) is 16.1. The van der Waals surface area contributed by atoms with Crippen LogP contribution < -0.4 is 0 Å². The van der Waals surface area contributed by atoms with Gasteiger partial charge in [-0.3, -0.25) is 0 Å². The summed E-state index contributed by atoms with van der Waals surface area (Å²) in [5.41, 5.74) is 2.41. The fraction of sp³-hybridized carbons (Fsp3) is 1.00. The number of unbranched alkanes of at least 4 members (excludes halogenated alkanes) is 3. The average molecular weight is 346 g/mol. The van der Waals surface area contributed by atoms with Gasteiger partial charge in [-0.25, -0.2) is 0 Å². The molecule has 0 saturated carbocycles. The van der Waals surface area contributed by atoms with Crippen molar-refractivity contribution in [2.75, 3.05) is 6.16 Å². The first-order valence-corrected chi connectivity index (χ1v) is 13.3. The number of fused-ring (bicyclic) bond motifs is 4. The van der Waals surface area contributed by atoms with Crippen LogP contribution in [0.4, 0.5) is 0 Å². The van der Waals surface area contributed by atoms with E-state index in [-0.39, 0.29) is 0 Å². The molecule has 0 N–H and O–H groups in total. The van der Waals surface area contributed by atoms with E-state index in [1.54, 1.807) is 115 Å². The molecule has 4 saturated heterocycles. The summed E-state index contributed by atoms with van der Waals surface area (Å²) in [7, 11) is 0.449. The highest BCUT2D eigenvalue weighted by Crippen LogP contribution is 2.59. The van der Waals surface area contributed by atoms with Gasteiger partial charge in [-0.05, 0) is 49.6 Å². The van der Waals surface area contributed by atoms with Crippen LogP contribution in [0.3, 0.4) is 0 Å². The monoisotopic (exact) mass is 346 g/mol. The predicted molar refractivity (Wildman–Crippen MR) is 111 cm³/mol. The van der Waals surface area contributed by atoms with Gasteiger partial charge >= 0.3 is 0 Å². The maximum atomic E-state index is 1.65. The Morgan fingerprint density at radius 2 is 1.08 bits per heavy atom. The summed E-state index contributed by atoms with van der Waals surface area (Å²) >= 11 is 0. The van der Waals surface area contributed by atoms with Crippen LogP contribution in [0.5, 0.6) is 0 Å². The highest BCUT2D eigenvalue weighted by atomic mass is 31.1. The van der Waals surface area contributed by atoms with Crippen LogP contribution in [-0.2, 0) is 0 Å². The van der Waals surface area contributed by atoms with Crippen molar-refractivity contribution in [1.29, 1.82) is 0 Å². The summed E-state index contributed by atoms with van der Waals surface area (Å²) < 4.78 is 0. The van der Waals surface area contributed by atoms with E-state index in [2.05, 4.69) is 0 Å². The molecular weight excluding hydrogens is 306 g/mol. The standard InChI is InChI=1S/C22H40BP/c1(3-17-23-19-9-5-10-20(23)12-6-11-19)2-4-18-24-21-13-7-14-22(24)16-8-15-21/h19-22H,1-18H2. The van der Waals surface area contributed by atoms with E-state index in [0.29, 0.717) is 7.92 Å². The van der Waals surface area contributed by atoms with Crippen LogP contribution in [0.15, 0.2) is 0 Å². The minimum absolute atomic E-state index is 0.449. The van der Waals surface area contributed by atoms with Gasteiger partial charge in [-0.2, -0.15) is 0 Å². The first-order chi connectivity index (χ1) is 11.9. The van der Waals surface area contributed by atoms with Crippen LogP contribution in [0.2, 0.25) is 18.0 Å². The van der Waals surface area contributed by atoms with E-state index >= 15 is 0 Å². The fourth-order valence-electron chi connectivity index (χ4n) is 7.11. The molecule has 0 radical (unpaired) electrons. The van der Waals surface area contributed by atoms with E-state index in [0.717, 1.165) is 18.3 Å². The second-order valence-electron chi connectivity index (χ2n) is 9.66. The molecule has 2 heteroatoms. The van der Waals surface area contributed by atoms with Gasteiger partial charge in [-0.15, -0.1) is 7.92 Å². The van der Waals surface area contributed by atoms with E-state index in [9.17, 15) is 0 Å². The van der Waals surface area contributed by atoms with Crippen LogP contribution in [0, 0.1) is 0 Å². The first kappa shape index (κ1) is 17.9. The molecule has 0 nitrogen and oxygen atoms in total. The lowest BCUT2D eigenvalue weighted by molar-refractivity contribution is 0.439. The van der Waals surface area contributed by atoms with Gasteiger partial charge in [0.05, 0.1) is 0 Å². The molecule has 0 atom stereocenters. The normalized spacial score (nSPS) is 39.0. The maximum Gasteiger partial charge on any atom is 0.146 e. The van der Waals surface area contributed by atoms with Gasteiger partial charge in [-0.1, -0.05) is 88.6 Å². The molecular formula is C22H40BP. The van der Waals surface area contributed by atoms with Crippen molar-refractivity contribution in [3.63, 3.8) is 0 Å². The fourth-order valence-corrected chi connectivity index (χ4v) is 11.1. The molecule has 24 heavy (non-hydrogen) atoms. The molecule has 0 aromatic rings. The van der Waals surface area contributed by atoms with Crippen molar-refractivity contribution in [1.82, 2.24) is 0 Å². The van der Waals surface area contributed by atoms with E-state index in [1.165, 1.54) is 11.3 Å². The Kier molecular flexibility index (Phi) is 6.65. The topological polar surface area (TPSA) is 0 Å². The number of rotatable bonds is 7. The highest BCUT2D eigenvalue weighted by Gasteiger charge is 2.38. The zero-order valence-corrected chi connectivity index (χ0v) is 17.0. The molecule has 4 bridgehead atoms. The molecule has 136 valence electrons. The Labute approximate surface area is 153 Å². The van der Waals surface area contributed by atoms with Gasteiger partial charge in [0, 0.05) is 0 Å². The van der Waals surface area contributed by atoms with Crippen molar-refractivity contribution in [2.24, 2.45) is 0 Å². The van der Waals surface area contributed by atoms with Crippen molar-refractivity contribution in [3.05, 3.63) is 0 Å². The highest BCUT2D eigenvalue weighted by molar-refractivity contribution is 7.59. The minimum Gasteiger partial charge on any atom is -0.100 e. The summed E-state index contributed by atoms with van der Waals surface area (Å²) in [6, 6.07) is 0. The Morgan fingerprint density at radius 1 is 0.583 bits per heavy atom. The van der Waals surface area contributed by atoms with Crippen molar-refractivity contribution < 1.29 is 0 Å². The van der Waals surface area contributed by atoms with Crippen molar-refractivity contribution >= 4 is 14.6 Å². The number of hydrogen-bond donors (Lipinski definition) is 0. The average Bonchev–Trinajstić information content (AvgIpc) is 2.57. The zero-order chi connectivity index (χ0) is 16.2. The molecule has 0 amide bonds. The SMILES string of the molecule is C(CCCP1C2CCCC1CCC2)CCB1C2CCCC1CCC2. The molecule has 4 heterocycles. The summed E-state index contributed by atoms with van der Waals surface area (Å²) in [5, 5.41) is 0. The summed E-state index contributed by atoms with van der Waals surface area (Å²) in [6.45, 7) is 1.15. The van der Waals surface area contributed by atoms with Crippen LogP contribution in [0.25, 0.3) is 0 Å². The lowest BCUT2D eigenvalue weighted by Gasteiger charge is -2.43. The lowest BCUT2D eigenvalue weighted by Crippen LogP contribution is -2.34. The second kappa shape index (κ2) is 8.93. The Balaban J connectivity index is 1.12. The van der Waals surface area contributed by atoms with Crippen molar-refractivity contribution in [3.8, 4) is 0 Å². The lowest BCUT2D eigenvalue weighted by atomic mass is 9.26. The first-order valence-electron chi connectivity index (χ1n) is 11.7. The Morgan fingerprint density at radius 3 is 1.67 bits per heavy atom. The van der Waals surface area contributed by atoms with Crippen LogP contribution >= 0.6 is 7.92 Å². The summed E-state index contributed by atoms with van der Waals surface area (Å²) in [5.74, 6) is 2.28. The molecule has 4 rings (SSSR count). The van der Waals surface area contributed by atoms with Gasteiger partial charge in [0.1, 0.15) is 6.71 Å². The maximum absolute atomic E-state index is 1.65. The third kappa shape index (κ3) is 4.24.